The first-order chi connectivity index (χ1) is 13.9. The number of thioether (sulfide) groups is 1. The van der Waals surface area contributed by atoms with Crippen LogP contribution in [0.5, 0.6) is 11.5 Å². The highest BCUT2D eigenvalue weighted by atomic mass is 32.2. The molecule has 1 aliphatic rings. The number of hydrogen-bond donors (Lipinski definition) is 0. The number of nitrogens with zero attached hydrogens (tertiary/aromatic N) is 1. The number of carboxylic acid groups (broad SMARTS) is 1. The minimum Gasteiger partial charge on any atom is -0.545 e. The molecule has 1 aliphatic heterocycles. The molecule has 3 rings (SSSR count). The Labute approximate surface area is 172 Å². The first-order valence-corrected chi connectivity index (χ1v) is 9.84. The number of likely N-dealkylation sites (tertiary alicyclic amines) is 1. The third-order valence-electron chi connectivity index (χ3n) is 4.65. The van der Waals surface area contributed by atoms with Gasteiger partial charge >= 0.3 is 0 Å². The van der Waals surface area contributed by atoms with E-state index in [1.165, 1.54) is 11.0 Å². The van der Waals surface area contributed by atoms with Crippen molar-refractivity contribution < 1.29 is 29.0 Å². The molecular weight excluding hydrogens is 394 g/mol. The van der Waals surface area contributed by atoms with Crippen LogP contribution in [0, 0.1) is 0 Å². The molecule has 0 radical (unpaired) electrons. The van der Waals surface area contributed by atoms with Crippen LogP contribution in [0.3, 0.4) is 0 Å². The molecule has 7 nitrogen and oxygen atoms in total. The normalized spacial score (nSPS) is 16.2. The number of aromatic carboxylic acids is 1. The Morgan fingerprint density at radius 1 is 1.14 bits per heavy atom. The number of carbonyl (C=O) groups is 3. The van der Waals surface area contributed by atoms with Gasteiger partial charge in [-0.3, -0.25) is 14.5 Å². The zero-order valence-corrected chi connectivity index (χ0v) is 16.9. The van der Waals surface area contributed by atoms with Gasteiger partial charge in [0.25, 0.3) is 0 Å². The molecule has 0 N–H and O–H groups in total. The summed E-state index contributed by atoms with van der Waals surface area (Å²) < 4.78 is 10.5. The number of hydrogen-bond acceptors (Lipinski definition) is 7. The number of methoxy groups -OCH3 is 2. The lowest BCUT2D eigenvalue weighted by molar-refractivity contribution is -0.255. The second-order valence-electron chi connectivity index (χ2n) is 6.42. The SMILES string of the molecule is COc1ccc(CCN2C(=O)C[C@@H](Sc3ccccc3C(=O)[O-])C2=O)cc1OC. The number of ether oxygens (including phenoxy) is 2. The van der Waals surface area contributed by atoms with Crippen LogP contribution in [0.15, 0.2) is 47.4 Å². The number of carbonyl (C=O) groups excluding carboxylic acids is 3. The van der Waals surface area contributed by atoms with E-state index in [0.29, 0.717) is 22.8 Å². The van der Waals surface area contributed by atoms with Crippen molar-refractivity contribution in [3.05, 3.63) is 53.6 Å². The minimum atomic E-state index is -1.31. The Morgan fingerprint density at radius 2 is 1.86 bits per heavy atom. The Balaban J connectivity index is 1.68. The van der Waals surface area contributed by atoms with Crippen LogP contribution < -0.4 is 14.6 Å². The quantitative estimate of drug-likeness (QED) is 0.605. The Morgan fingerprint density at radius 3 is 2.55 bits per heavy atom. The molecule has 1 heterocycles. The van der Waals surface area contributed by atoms with E-state index in [1.54, 1.807) is 38.5 Å². The summed E-state index contributed by atoms with van der Waals surface area (Å²) in [5, 5.41) is 10.6. The molecule has 0 bridgehead atoms. The molecular formula is C21H20NO6S-. The molecule has 29 heavy (non-hydrogen) atoms. The maximum Gasteiger partial charge on any atom is 0.243 e. The fraction of sp³-hybridized carbons (Fsp3) is 0.286. The van der Waals surface area contributed by atoms with Crippen LogP contribution in [0.25, 0.3) is 0 Å². The van der Waals surface area contributed by atoms with Crippen LogP contribution in [-0.2, 0) is 16.0 Å². The van der Waals surface area contributed by atoms with Crippen molar-refractivity contribution >= 4 is 29.5 Å². The van der Waals surface area contributed by atoms with Crippen molar-refractivity contribution in [3.8, 4) is 11.5 Å². The van der Waals surface area contributed by atoms with Crippen molar-refractivity contribution in [2.24, 2.45) is 0 Å². The second-order valence-corrected chi connectivity index (χ2v) is 7.66. The molecule has 1 saturated heterocycles. The average Bonchev–Trinajstić information content (AvgIpc) is 2.99. The van der Waals surface area contributed by atoms with Crippen molar-refractivity contribution in [1.82, 2.24) is 4.90 Å². The number of rotatable bonds is 8. The Hall–Kier alpha value is -3.00. The predicted molar refractivity (Wildman–Crippen MR) is 105 cm³/mol. The van der Waals surface area contributed by atoms with Gasteiger partial charge in [-0.1, -0.05) is 24.3 Å². The van der Waals surface area contributed by atoms with E-state index in [4.69, 9.17) is 9.47 Å². The van der Waals surface area contributed by atoms with E-state index in [1.807, 2.05) is 12.1 Å². The Kier molecular flexibility index (Phi) is 6.43. The van der Waals surface area contributed by atoms with Gasteiger partial charge in [-0.25, -0.2) is 0 Å². The highest BCUT2D eigenvalue weighted by molar-refractivity contribution is 8.00. The summed E-state index contributed by atoms with van der Waals surface area (Å²) >= 11 is 1.09. The maximum absolute atomic E-state index is 12.7. The zero-order valence-electron chi connectivity index (χ0n) is 16.0. The highest BCUT2D eigenvalue weighted by Crippen LogP contribution is 2.34. The van der Waals surface area contributed by atoms with Gasteiger partial charge in [0.15, 0.2) is 11.5 Å². The molecule has 0 saturated carbocycles. The topological polar surface area (TPSA) is 96.0 Å². The van der Waals surface area contributed by atoms with E-state index in [2.05, 4.69) is 0 Å². The summed E-state index contributed by atoms with van der Waals surface area (Å²) in [6.07, 6.45) is 0.516. The first-order valence-electron chi connectivity index (χ1n) is 8.96. The molecule has 0 unspecified atom stereocenters. The van der Waals surface area contributed by atoms with Gasteiger partial charge < -0.3 is 19.4 Å². The molecule has 0 spiro atoms. The smallest absolute Gasteiger partial charge is 0.243 e. The van der Waals surface area contributed by atoms with Gasteiger partial charge in [0.05, 0.1) is 25.4 Å². The lowest BCUT2D eigenvalue weighted by atomic mass is 10.1. The molecule has 0 aliphatic carbocycles. The van der Waals surface area contributed by atoms with Crippen LogP contribution in [-0.4, -0.2) is 48.7 Å². The number of benzene rings is 2. The van der Waals surface area contributed by atoms with Crippen LogP contribution in [0.2, 0.25) is 0 Å². The van der Waals surface area contributed by atoms with E-state index < -0.39 is 11.2 Å². The average molecular weight is 414 g/mol. The van der Waals surface area contributed by atoms with Gasteiger partial charge in [-0.05, 0) is 30.2 Å². The minimum absolute atomic E-state index is 0.0153. The summed E-state index contributed by atoms with van der Waals surface area (Å²) in [6.45, 7) is 0.242. The predicted octanol–water partition coefficient (Wildman–Crippen LogP) is 1.53. The fourth-order valence-corrected chi connectivity index (χ4v) is 4.34. The molecule has 1 atom stereocenters. The van der Waals surface area contributed by atoms with Gasteiger partial charge in [0, 0.05) is 23.4 Å². The molecule has 2 aromatic rings. The van der Waals surface area contributed by atoms with Crippen molar-refractivity contribution in [3.63, 3.8) is 0 Å². The summed E-state index contributed by atoms with van der Waals surface area (Å²) in [4.78, 5) is 38.0. The van der Waals surface area contributed by atoms with E-state index in [0.717, 1.165) is 17.3 Å². The van der Waals surface area contributed by atoms with E-state index in [-0.39, 0.29) is 30.3 Å². The third-order valence-corrected chi connectivity index (χ3v) is 5.91. The first kappa shape index (κ1) is 20.7. The molecule has 2 aromatic carbocycles. The summed E-state index contributed by atoms with van der Waals surface area (Å²) in [7, 11) is 3.09. The van der Waals surface area contributed by atoms with Crippen molar-refractivity contribution in [2.45, 2.75) is 23.0 Å². The standard InChI is InChI=1S/C21H21NO6S/c1-27-15-8-7-13(11-16(15)28-2)9-10-22-19(23)12-18(20(22)24)29-17-6-4-3-5-14(17)21(25)26/h3-8,11,18H,9-10,12H2,1-2H3,(H,25,26)/p-1/t18-/m1/s1. The monoisotopic (exact) mass is 414 g/mol. The number of amides is 2. The summed E-state index contributed by atoms with van der Waals surface area (Å²) in [5.74, 6) is -0.702. The lowest BCUT2D eigenvalue weighted by Crippen LogP contribution is -2.33. The molecule has 152 valence electrons. The van der Waals surface area contributed by atoms with Crippen molar-refractivity contribution in [2.75, 3.05) is 20.8 Å². The molecule has 0 aromatic heterocycles. The summed E-state index contributed by atoms with van der Waals surface area (Å²) in [6, 6.07) is 11.8. The molecule has 2 amide bonds. The van der Waals surface area contributed by atoms with Crippen LogP contribution >= 0.6 is 11.8 Å². The lowest BCUT2D eigenvalue weighted by Gasteiger charge is -2.16. The van der Waals surface area contributed by atoms with Crippen LogP contribution in [0.1, 0.15) is 22.3 Å². The summed E-state index contributed by atoms with van der Waals surface area (Å²) in [5.41, 5.74) is 0.920. The molecule has 1 fully saturated rings. The zero-order chi connectivity index (χ0) is 21.0. The van der Waals surface area contributed by atoms with E-state index >= 15 is 0 Å². The number of imide groups is 1. The van der Waals surface area contributed by atoms with Gasteiger partial charge in [-0.2, -0.15) is 0 Å². The number of carboxylic acids is 1. The van der Waals surface area contributed by atoms with Gasteiger partial charge in [0.2, 0.25) is 11.8 Å². The third kappa shape index (κ3) is 4.54. The Bertz CT molecular complexity index is 945. The second kappa shape index (κ2) is 9.00. The highest BCUT2D eigenvalue weighted by Gasteiger charge is 2.39. The largest absolute Gasteiger partial charge is 0.545 e. The molecule has 8 heteroatoms. The maximum atomic E-state index is 12.7. The van der Waals surface area contributed by atoms with Gasteiger partial charge in [0.1, 0.15) is 0 Å². The van der Waals surface area contributed by atoms with Crippen LogP contribution in [0.4, 0.5) is 0 Å². The van der Waals surface area contributed by atoms with Crippen molar-refractivity contribution in [1.29, 1.82) is 0 Å². The van der Waals surface area contributed by atoms with E-state index in [9.17, 15) is 19.5 Å². The van der Waals surface area contributed by atoms with Gasteiger partial charge in [-0.15, -0.1) is 11.8 Å². The fourth-order valence-electron chi connectivity index (χ4n) is 3.15.